The van der Waals surface area contributed by atoms with E-state index in [1.165, 1.54) is 17.6 Å². The van der Waals surface area contributed by atoms with Gasteiger partial charge in [0.2, 0.25) is 0 Å². The number of hydrogen-bond acceptors (Lipinski definition) is 0. The molecule has 0 aliphatic heterocycles. The summed E-state index contributed by atoms with van der Waals surface area (Å²) in [5.41, 5.74) is 2.56. The van der Waals surface area contributed by atoms with Crippen LogP contribution in [-0.4, -0.2) is 0 Å². The fraction of sp³-hybridized carbons (Fsp3) is 0.400. The van der Waals surface area contributed by atoms with Gasteiger partial charge in [-0.25, -0.2) is 0 Å². The zero-order valence-electron chi connectivity index (χ0n) is 6.98. The normalized spacial score (nSPS) is 8.60. The second kappa shape index (κ2) is 5.04. The molecule has 0 bridgehead atoms. The van der Waals surface area contributed by atoms with Gasteiger partial charge in [-0.05, 0) is 18.9 Å². The predicted molar refractivity (Wildman–Crippen MR) is 48.0 cm³/mol. The summed E-state index contributed by atoms with van der Waals surface area (Å²) in [7, 11) is 0. The van der Waals surface area contributed by atoms with E-state index < -0.39 is 0 Å². The van der Waals surface area contributed by atoms with Gasteiger partial charge in [0.25, 0.3) is 0 Å². The molecule has 0 radical (unpaired) electrons. The molecule has 0 heterocycles. The Morgan fingerprint density at radius 1 is 1.30 bits per heavy atom. The van der Waals surface area contributed by atoms with E-state index in [0.717, 1.165) is 6.42 Å². The lowest BCUT2D eigenvalue weighted by Gasteiger charge is -2.00. The van der Waals surface area contributed by atoms with Crippen LogP contribution in [0.2, 0.25) is 0 Å². The summed E-state index contributed by atoms with van der Waals surface area (Å²) in [5.74, 6) is 0. The van der Waals surface area contributed by atoms with Gasteiger partial charge in [0.15, 0.2) is 0 Å². The van der Waals surface area contributed by atoms with Gasteiger partial charge in [0, 0.05) is 0 Å². The molecular formula is C10H16. The van der Waals surface area contributed by atoms with E-state index in [0.29, 0.717) is 0 Å². The molecule has 0 aliphatic carbocycles. The molecule has 0 saturated carbocycles. The molecule has 0 unspecified atom stereocenters. The molecule has 0 amide bonds. The Labute approximate surface area is 64.0 Å². The topological polar surface area (TPSA) is 0 Å². The van der Waals surface area contributed by atoms with Gasteiger partial charge in [-0.3, -0.25) is 0 Å². The number of rotatable bonds is 4. The second-order valence-electron chi connectivity index (χ2n) is 2.39. The fourth-order valence-electron chi connectivity index (χ4n) is 0.951. The van der Waals surface area contributed by atoms with Crippen molar-refractivity contribution in [2.45, 2.75) is 26.7 Å². The fourth-order valence-corrected chi connectivity index (χ4v) is 0.951. The monoisotopic (exact) mass is 136 g/mol. The molecule has 10 heavy (non-hydrogen) atoms. The van der Waals surface area contributed by atoms with E-state index in [2.05, 4.69) is 27.0 Å². The minimum atomic E-state index is 1.15. The quantitative estimate of drug-likeness (QED) is 0.519. The Bertz CT molecular complexity index is 139. The molecule has 0 rings (SSSR count). The maximum absolute atomic E-state index is 3.71. The average molecular weight is 136 g/mol. The summed E-state index contributed by atoms with van der Waals surface area (Å²) in [6.45, 7) is 11.7. The summed E-state index contributed by atoms with van der Waals surface area (Å²) < 4.78 is 0. The first-order chi connectivity index (χ1) is 4.76. The molecule has 0 nitrogen and oxygen atoms in total. The zero-order chi connectivity index (χ0) is 7.98. The Morgan fingerprint density at radius 3 is 2.10 bits per heavy atom. The lowest BCUT2D eigenvalue weighted by atomic mass is 10.1. The van der Waals surface area contributed by atoms with Crippen molar-refractivity contribution >= 4 is 0 Å². The highest BCUT2D eigenvalue weighted by Gasteiger charge is 1.91. The van der Waals surface area contributed by atoms with Crippen molar-refractivity contribution < 1.29 is 0 Å². The van der Waals surface area contributed by atoms with Gasteiger partial charge in [0.05, 0.1) is 0 Å². The minimum Gasteiger partial charge on any atom is -0.0985 e. The third-order valence-corrected chi connectivity index (χ3v) is 1.56. The largest absolute Gasteiger partial charge is 0.0985 e. The van der Waals surface area contributed by atoms with Gasteiger partial charge < -0.3 is 0 Å². The molecule has 0 aliphatic rings. The molecule has 0 aromatic carbocycles. The predicted octanol–water partition coefficient (Wildman–Crippen LogP) is 3.48. The van der Waals surface area contributed by atoms with E-state index in [1.807, 2.05) is 12.2 Å². The molecular weight excluding hydrogens is 120 g/mol. The maximum Gasteiger partial charge on any atom is -0.0279 e. The summed E-state index contributed by atoms with van der Waals surface area (Å²) >= 11 is 0. The Balaban J connectivity index is 4.26. The van der Waals surface area contributed by atoms with Crippen molar-refractivity contribution in [3.63, 3.8) is 0 Å². The third kappa shape index (κ3) is 2.67. The molecule has 0 saturated heterocycles. The van der Waals surface area contributed by atoms with Crippen LogP contribution in [0.4, 0.5) is 0 Å². The van der Waals surface area contributed by atoms with Crippen LogP contribution in [0.1, 0.15) is 26.7 Å². The van der Waals surface area contributed by atoms with Gasteiger partial charge in [-0.15, -0.1) is 0 Å². The molecule has 0 atom stereocenters. The van der Waals surface area contributed by atoms with Crippen LogP contribution in [-0.2, 0) is 0 Å². The maximum atomic E-state index is 3.71. The molecule has 0 aromatic rings. The first-order valence-corrected chi connectivity index (χ1v) is 3.70. The molecule has 0 fully saturated rings. The highest BCUT2D eigenvalue weighted by atomic mass is 14.0. The van der Waals surface area contributed by atoms with Crippen LogP contribution in [0, 0.1) is 0 Å². The van der Waals surface area contributed by atoms with Crippen molar-refractivity contribution in [3.05, 3.63) is 36.5 Å². The van der Waals surface area contributed by atoms with Crippen LogP contribution < -0.4 is 0 Å². The van der Waals surface area contributed by atoms with Crippen molar-refractivity contribution in [1.29, 1.82) is 0 Å². The lowest BCUT2D eigenvalue weighted by molar-refractivity contribution is 0.900. The van der Waals surface area contributed by atoms with Gasteiger partial charge in [-0.2, -0.15) is 0 Å². The van der Waals surface area contributed by atoms with E-state index in [1.54, 1.807) is 0 Å². The van der Waals surface area contributed by atoms with Gasteiger partial charge in [0.1, 0.15) is 0 Å². The van der Waals surface area contributed by atoms with E-state index in [4.69, 9.17) is 0 Å². The van der Waals surface area contributed by atoms with Crippen LogP contribution in [0.3, 0.4) is 0 Å². The number of allylic oxidation sites excluding steroid dienone is 4. The average Bonchev–Trinajstić information content (AvgIpc) is 1.91. The van der Waals surface area contributed by atoms with E-state index in [9.17, 15) is 0 Å². The summed E-state index contributed by atoms with van der Waals surface area (Å²) in [6, 6.07) is 0. The molecule has 0 aromatic heterocycles. The first kappa shape index (κ1) is 9.22. The lowest BCUT2D eigenvalue weighted by Crippen LogP contribution is -1.80. The smallest absolute Gasteiger partial charge is 0.0279 e. The molecule has 56 valence electrons. The Kier molecular flexibility index (Phi) is 4.65. The molecule has 0 heteroatoms. The van der Waals surface area contributed by atoms with E-state index in [-0.39, 0.29) is 0 Å². The van der Waals surface area contributed by atoms with Crippen molar-refractivity contribution in [2.24, 2.45) is 0 Å². The standard InChI is InChI=1S/C10H16/c1-5-8-9(4)10(6-2)7-3/h6-7H,2-3,5,8H2,1,4H3. The summed E-state index contributed by atoms with van der Waals surface area (Å²) in [5, 5.41) is 0. The van der Waals surface area contributed by atoms with Gasteiger partial charge in [-0.1, -0.05) is 44.2 Å². The second-order valence-corrected chi connectivity index (χ2v) is 2.39. The van der Waals surface area contributed by atoms with E-state index >= 15 is 0 Å². The Hall–Kier alpha value is -0.780. The molecule has 0 spiro atoms. The highest BCUT2D eigenvalue weighted by Crippen LogP contribution is 2.11. The van der Waals surface area contributed by atoms with Crippen molar-refractivity contribution in [1.82, 2.24) is 0 Å². The molecule has 0 N–H and O–H groups in total. The third-order valence-electron chi connectivity index (χ3n) is 1.56. The van der Waals surface area contributed by atoms with Crippen LogP contribution in [0.25, 0.3) is 0 Å². The SMILES string of the molecule is C=CC(C=C)=C(C)CCC. The zero-order valence-corrected chi connectivity index (χ0v) is 6.98. The van der Waals surface area contributed by atoms with Crippen LogP contribution in [0.5, 0.6) is 0 Å². The summed E-state index contributed by atoms with van der Waals surface area (Å²) in [4.78, 5) is 0. The van der Waals surface area contributed by atoms with Crippen LogP contribution >= 0.6 is 0 Å². The first-order valence-electron chi connectivity index (χ1n) is 3.70. The van der Waals surface area contributed by atoms with Crippen molar-refractivity contribution in [2.75, 3.05) is 0 Å². The highest BCUT2D eigenvalue weighted by molar-refractivity contribution is 5.32. The van der Waals surface area contributed by atoms with Crippen molar-refractivity contribution in [3.8, 4) is 0 Å². The summed E-state index contributed by atoms with van der Waals surface area (Å²) in [6.07, 6.45) is 6.06. The van der Waals surface area contributed by atoms with Gasteiger partial charge >= 0.3 is 0 Å². The Morgan fingerprint density at radius 2 is 1.80 bits per heavy atom. The van der Waals surface area contributed by atoms with Crippen LogP contribution in [0.15, 0.2) is 36.5 Å². The minimum absolute atomic E-state index is 1.15. The number of hydrogen-bond donors (Lipinski definition) is 0.